The molecule has 0 unspecified atom stereocenters. The SMILES string of the molecule is CC(C)[C@@H](C(=O)Nc1ccc(I)cc1F)n1c(O)c(-c2cccnc2)[nH]c1=O. The molecule has 2 aromatic heterocycles. The summed E-state index contributed by atoms with van der Waals surface area (Å²) < 4.78 is 15.8. The van der Waals surface area contributed by atoms with Crippen LogP contribution in [0.2, 0.25) is 0 Å². The van der Waals surface area contributed by atoms with Gasteiger partial charge in [-0.15, -0.1) is 0 Å². The van der Waals surface area contributed by atoms with Gasteiger partial charge in [0.1, 0.15) is 17.6 Å². The van der Waals surface area contributed by atoms with Crippen LogP contribution in [-0.4, -0.2) is 25.5 Å². The number of hydrogen-bond donors (Lipinski definition) is 3. The van der Waals surface area contributed by atoms with E-state index in [0.717, 1.165) is 4.57 Å². The highest BCUT2D eigenvalue weighted by atomic mass is 127. The van der Waals surface area contributed by atoms with Crippen LogP contribution >= 0.6 is 22.6 Å². The molecule has 2 heterocycles. The van der Waals surface area contributed by atoms with Crippen LogP contribution in [0.25, 0.3) is 11.3 Å². The Hall–Kier alpha value is -2.69. The van der Waals surface area contributed by atoms with Crippen molar-refractivity contribution in [1.29, 1.82) is 0 Å². The molecule has 3 rings (SSSR count). The Bertz CT molecular complexity index is 1060. The molecule has 0 aliphatic rings. The summed E-state index contributed by atoms with van der Waals surface area (Å²) in [5.41, 5.74) is 0.0272. The number of anilines is 1. The molecule has 0 aliphatic carbocycles. The van der Waals surface area contributed by atoms with Crippen LogP contribution in [0.15, 0.2) is 47.5 Å². The van der Waals surface area contributed by atoms with Gasteiger partial charge in [-0.05, 0) is 58.8 Å². The van der Waals surface area contributed by atoms with Gasteiger partial charge in [-0.25, -0.2) is 13.8 Å². The number of nitrogens with zero attached hydrogens (tertiary/aromatic N) is 2. The lowest BCUT2D eigenvalue weighted by Crippen LogP contribution is -2.35. The van der Waals surface area contributed by atoms with Gasteiger partial charge < -0.3 is 15.4 Å². The van der Waals surface area contributed by atoms with Crippen molar-refractivity contribution in [2.45, 2.75) is 19.9 Å². The third-order valence-corrected chi connectivity index (χ3v) is 4.89. The summed E-state index contributed by atoms with van der Waals surface area (Å²) in [4.78, 5) is 31.9. The normalized spacial score (nSPS) is 12.2. The smallest absolute Gasteiger partial charge is 0.329 e. The van der Waals surface area contributed by atoms with Crippen LogP contribution in [0.4, 0.5) is 10.1 Å². The monoisotopic (exact) mass is 496 g/mol. The van der Waals surface area contributed by atoms with Crippen molar-refractivity contribution in [2.24, 2.45) is 5.92 Å². The van der Waals surface area contributed by atoms with E-state index in [0.29, 0.717) is 9.13 Å². The molecule has 1 atom stereocenters. The van der Waals surface area contributed by atoms with E-state index in [9.17, 15) is 19.1 Å². The van der Waals surface area contributed by atoms with Gasteiger partial charge in [0.15, 0.2) is 0 Å². The summed E-state index contributed by atoms with van der Waals surface area (Å²) >= 11 is 1.97. The fourth-order valence-corrected chi connectivity index (χ4v) is 3.38. The van der Waals surface area contributed by atoms with E-state index in [1.54, 1.807) is 38.2 Å². The number of benzene rings is 1. The van der Waals surface area contributed by atoms with Gasteiger partial charge in [-0.3, -0.25) is 9.78 Å². The Morgan fingerprint density at radius 3 is 2.71 bits per heavy atom. The maximum absolute atomic E-state index is 14.1. The molecule has 28 heavy (non-hydrogen) atoms. The van der Waals surface area contributed by atoms with E-state index in [-0.39, 0.29) is 23.2 Å². The van der Waals surface area contributed by atoms with Crippen LogP contribution in [-0.2, 0) is 4.79 Å². The molecular formula is C19H18FIN4O3. The fourth-order valence-electron chi connectivity index (χ4n) is 2.93. The molecule has 7 nitrogen and oxygen atoms in total. The van der Waals surface area contributed by atoms with Crippen molar-refractivity contribution in [3.8, 4) is 17.1 Å². The Kier molecular flexibility index (Phi) is 5.82. The average molecular weight is 496 g/mol. The maximum atomic E-state index is 14.1. The molecule has 1 aromatic carbocycles. The number of aromatic hydroxyl groups is 1. The number of amides is 1. The Labute approximate surface area is 173 Å². The topological polar surface area (TPSA) is 100 Å². The second kappa shape index (κ2) is 8.13. The zero-order valence-electron chi connectivity index (χ0n) is 15.1. The third kappa shape index (κ3) is 3.93. The number of halogens is 2. The predicted molar refractivity (Wildman–Crippen MR) is 112 cm³/mol. The summed E-state index contributed by atoms with van der Waals surface area (Å²) in [7, 11) is 0. The summed E-state index contributed by atoms with van der Waals surface area (Å²) in [5, 5.41) is 13.1. The molecule has 1 amide bonds. The Morgan fingerprint density at radius 2 is 2.11 bits per heavy atom. The molecule has 9 heteroatoms. The highest BCUT2D eigenvalue weighted by Crippen LogP contribution is 2.31. The number of aromatic nitrogens is 3. The summed E-state index contributed by atoms with van der Waals surface area (Å²) in [6.45, 7) is 3.47. The zero-order valence-corrected chi connectivity index (χ0v) is 17.3. The molecule has 0 saturated carbocycles. The van der Waals surface area contributed by atoms with E-state index >= 15 is 0 Å². The minimum absolute atomic E-state index is 0.00613. The lowest BCUT2D eigenvalue weighted by Gasteiger charge is -2.22. The number of aromatic amines is 1. The summed E-state index contributed by atoms with van der Waals surface area (Å²) in [6, 6.07) is 6.69. The number of pyridine rings is 1. The van der Waals surface area contributed by atoms with Gasteiger partial charge in [0.2, 0.25) is 11.8 Å². The van der Waals surface area contributed by atoms with Crippen LogP contribution in [0.3, 0.4) is 0 Å². The predicted octanol–water partition coefficient (Wildman–Crippen LogP) is 3.52. The van der Waals surface area contributed by atoms with Crippen molar-refractivity contribution < 1.29 is 14.3 Å². The number of imidazole rings is 1. The van der Waals surface area contributed by atoms with E-state index in [2.05, 4.69) is 15.3 Å². The first-order valence-corrected chi connectivity index (χ1v) is 9.57. The zero-order chi connectivity index (χ0) is 20.4. The quantitative estimate of drug-likeness (QED) is 0.471. The van der Waals surface area contributed by atoms with Crippen molar-refractivity contribution in [3.05, 3.63) is 62.6 Å². The number of rotatable bonds is 5. The van der Waals surface area contributed by atoms with Crippen molar-refractivity contribution in [2.75, 3.05) is 5.32 Å². The molecule has 0 spiro atoms. The van der Waals surface area contributed by atoms with Gasteiger partial charge in [0.05, 0.1) is 5.69 Å². The van der Waals surface area contributed by atoms with Gasteiger partial charge in [0.25, 0.3) is 0 Å². The number of carbonyl (C=O) groups excluding carboxylic acids is 1. The molecular weight excluding hydrogens is 478 g/mol. The summed E-state index contributed by atoms with van der Waals surface area (Å²) in [6.07, 6.45) is 3.05. The molecule has 0 radical (unpaired) electrons. The lowest BCUT2D eigenvalue weighted by atomic mass is 10.0. The summed E-state index contributed by atoms with van der Waals surface area (Å²) in [5.74, 6) is -1.92. The Morgan fingerprint density at radius 1 is 1.36 bits per heavy atom. The third-order valence-electron chi connectivity index (χ3n) is 4.22. The van der Waals surface area contributed by atoms with Crippen LogP contribution in [0.1, 0.15) is 19.9 Å². The molecule has 3 aromatic rings. The minimum Gasteiger partial charge on any atom is -0.493 e. The number of hydrogen-bond acceptors (Lipinski definition) is 4. The van der Waals surface area contributed by atoms with Crippen molar-refractivity contribution in [3.63, 3.8) is 0 Å². The molecule has 0 fully saturated rings. The number of nitrogens with one attached hydrogen (secondary N) is 2. The largest absolute Gasteiger partial charge is 0.493 e. The first-order valence-electron chi connectivity index (χ1n) is 8.49. The van der Waals surface area contributed by atoms with Gasteiger partial charge >= 0.3 is 5.69 Å². The van der Waals surface area contributed by atoms with E-state index in [1.807, 2.05) is 22.6 Å². The highest BCUT2D eigenvalue weighted by Gasteiger charge is 2.30. The average Bonchev–Trinajstić information content (AvgIpc) is 2.93. The first-order chi connectivity index (χ1) is 13.3. The second-order valence-electron chi connectivity index (χ2n) is 6.54. The first kappa shape index (κ1) is 20.1. The second-order valence-corrected chi connectivity index (χ2v) is 7.79. The van der Waals surface area contributed by atoms with Gasteiger partial charge in [-0.2, -0.15) is 0 Å². The lowest BCUT2D eigenvalue weighted by molar-refractivity contribution is -0.120. The molecule has 0 bridgehead atoms. The Balaban J connectivity index is 2.00. The molecule has 0 saturated heterocycles. The maximum Gasteiger partial charge on any atom is 0.329 e. The van der Waals surface area contributed by atoms with E-state index in [1.165, 1.54) is 18.3 Å². The highest BCUT2D eigenvalue weighted by molar-refractivity contribution is 14.1. The van der Waals surface area contributed by atoms with Crippen LogP contribution < -0.4 is 11.0 Å². The minimum atomic E-state index is -1.05. The van der Waals surface area contributed by atoms with Crippen LogP contribution in [0.5, 0.6) is 5.88 Å². The number of H-pyrrole nitrogens is 1. The van der Waals surface area contributed by atoms with Gasteiger partial charge in [-0.1, -0.05) is 13.8 Å². The fraction of sp³-hybridized carbons (Fsp3) is 0.211. The van der Waals surface area contributed by atoms with E-state index < -0.39 is 23.5 Å². The van der Waals surface area contributed by atoms with Crippen LogP contribution in [0, 0.1) is 15.3 Å². The van der Waals surface area contributed by atoms with E-state index in [4.69, 9.17) is 0 Å². The van der Waals surface area contributed by atoms with Crippen molar-refractivity contribution >= 4 is 34.2 Å². The van der Waals surface area contributed by atoms with Crippen molar-refractivity contribution in [1.82, 2.24) is 14.5 Å². The van der Waals surface area contributed by atoms with Gasteiger partial charge in [0, 0.05) is 21.5 Å². The standard InChI is InChI=1S/C19H18FIN4O3/c1-10(2)16(17(26)23-14-6-5-12(21)8-13(14)20)25-18(27)15(24-19(25)28)11-4-3-7-22-9-11/h3-10,16,27H,1-2H3,(H,23,26)(H,24,28)/t16-/m0/s1. The number of carbonyl (C=O) groups is 1. The molecule has 146 valence electrons. The molecule has 0 aliphatic heterocycles. The molecule has 3 N–H and O–H groups in total.